The van der Waals surface area contributed by atoms with Crippen LogP contribution in [0, 0.1) is 0 Å². The van der Waals surface area contributed by atoms with Crippen molar-refractivity contribution in [3.05, 3.63) is 60.3 Å². The van der Waals surface area contributed by atoms with Crippen molar-refractivity contribution < 1.29 is 9.59 Å². The van der Waals surface area contributed by atoms with Crippen molar-refractivity contribution in [2.24, 2.45) is 0 Å². The third-order valence-electron chi connectivity index (χ3n) is 3.55. The Kier molecular flexibility index (Phi) is 5.33. The minimum absolute atomic E-state index is 0.103. The summed E-state index contributed by atoms with van der Waals surface area (Å²) in [4.78, 5) is 32.5. The normalized spacial score (nSPS) is 11.6. The van der Waals surface area contributed by atoms with Gasteiger partial charge < -0.3 is 5.32 Å². The molecule has 1 unspecified atom stereocenters. The zero-order valence-electron chi connectivity index (χ0n) is 14.1. The lowest BCUT2D eigenvalue weighted by atomic mass is 10.1. The summed E-state index contributed by atoms with van der Waals surface area (Å²) in [5, 5.41) is 12.1. The number of carbonyl (C=O) groups is 2. The molecule has 2 amide bonds. The molecule has 3 N–H and O–H groups in total. The Hall–Kier alpha value is -3.55. The van der Waals surface area contributed by atoms with Crippen LogP contribution in [0.1, 0.15) is 23.7 Å². The van der Waals surface area contributed by atoms with E-state index in [2.05, 4.69) is 30.8 Å². The molecular formula is C18H18N6O2. The van der Waals surface area contributed by atoms with Crippen LogP contribution in [-0.2, 0) is 4.79 Å². The first-order chi connectivity index (χ1) is 12.6. The van der Waals surface area contributed by atoms with Crippen LogP contribution < -0.4 is 10.6 Å². The number of benzene rings is 1. The Balaban J connectivity index is 1.52. The lowest BCUT2D eigenvalue weighted by molar-refractivity contribution is -0.116. The first kappa shape index (κ1) is 17.3. The van der Waals surface area contributed by atoms with Gasteiger partial charge in [0.1, 0.15) is 5.69 Å². The fourth-order valence-corrected chi connectivity index (χ4v) is 2.34. The molecule has 3 aromatic rings. The van der Waals surface area contributed by atoms with Crippen LogP contribution in [0.5, 0.6) is 0 Å². The minimum atomic E-state index is -0.336. The number of pyridine rings is 1. The molecule has 3 rings (SSSR count). The molecule has 0 bridgehead atoms. The molecule has 0 aliphatic heterocycles. The number of anilines is 1. The Morgan fingerprint density at radius 1 is 1.12 bits per heavy atom. The minimum Gasteiger partial charge on any atom is -0.349 e. The van der Waals surface area contributed by atoms with Gasteiger partial charge in [0.2, 0.25) is 11.9 Å². The molecule has 2 aromatic heterocycles. The lowest BCUT2D eigenvalue weighted by Gasteiger charge is -2.13. The van der Waals surface area contributed by atoms with Crippen molar-refractivity contribution in [3.8, 4) is 11.5 Å². The number of H-pyrrole nitrogens is 1. The largest absolute Gasteiger partial charge is 0.349 e. The van der Waals surface area contributed by atoms with Gasteiger partial charge in [-0.1, -0.05) is 24.3 Å². The average Bonchev–Trinajstić information content (AvgIpc) is 3.11. The van der Waals surface area contributed by atoms with Gasteiger partial charge in [-0.25, -0.2) is 0 Å². The summed E-state index contributed by atoms with van der Waals surface area (Å²) >= 11 is 0. The van der Waals surface area contributed by atoms with Crippen LogP contribution in [0.25, 0.3) is 11.5 Å². The van der Waals surface area contributed by atoms with Crippen molar-refractivity contribution in [3.63, 3.8) is 0 Å². The van der Waals surface area contributed by atoms with Crippen LogP contribution in [0.15, 0.2) is 54.7 Å². The second kappa shape index (κ2) is 8.02. The Morgan fingerprint density at radius 3 is 2.62 bits per heavy atom. The van der Waals surface area contributed by atoms with E-state index >= 15 is 0 Å². The van der Waals surface area contributed by atoms with Gasteiger partial charge in [-0.3, -0.25) is 25.0 Å². The van der Waals surface area contributed by atoms with Gasteiger partial charge in [0.25, 0.3) is 5.91 Å². The predicted molar refractivity (Wildman–Crippen MR) is 96.2 cm³/mol. The van der Waals surface area contributed by atoms with Gasteiger partial charge >= 0.3 is 0 Å². The number of aromatic nitrogens is 4. The van der Waals surface area contributed by atoms with E-state index in [1.54, 1.807) is 49.5 Å². The van der Waals surface area contributed by atoms with E-state index in [1.165, 1.54) is 0 Å². The average molecular weight is 350 g/mol. The molecule has 1 atom stereocenters. The summed E-state index contributed by atoms with van der Waals surface area (Å²) in [6.45, 7) is 1.76. The maximum Gasteiger partial charge on any atom is 0.251 e. The number of hydrogen-bond acceptors (Lipinski definition) is 5. The van der Waals surface area contributed by atoms with Gasteiger partial charge in [0.05, 0.1) is 0 Å². The molecule has 2 heterocycles. The summed E-state index contributed by atoms with van der Waals surface area (Å²) in [5.41, 5.74) is 1.18. The summed E-state index contributed by atoms with van der Waals surface area (Å²) in [7, 11) is 0. The first-order valence-corrected chi connectivity index (χ1v) is 8.11. The molecule has 26 heavy (non-hydrogen) atoms. The highest BCUT2D eigenvalue weighted by molar-refractivity contribution is 5.95. The molecule has 0 spiro atoms. The fourth-order valence-electron chi connectivity index (χ4n) is 2.34. The van der Waals surface area contributed by atoms with Gasteiger partial charge in [-0.15, -0.1) is 5.10 Å². The van der Waals surface area contributed by atoms with Crippen molar-refractivity contribution in [2.75, 3.05) is 5.32 Å². The molecule has 8 heteroatoms. The molecule has 0 fully saturated rings. The van der Waals surface area contributed by atoms with Gasteiger partial charge in [0.15, 0.2) is 5.82 Å². The Bertz CT molecular complexity index is 879. The maximum atomic E-state index is 12.1. The zero-order chi connectivity index (χ0) is 18.4. The Labute approximate surface area is 150 Å². The van der Waals surface area contributed by atoms with Crippen LogP contribution in [0.3, 0.4) is 0 Å². The number of carbonyl (C=O) groups excluding carboxylic acids is 2. The molecule has 1 aromatic carbocycles. The summed E-state index contributed by atoms with van der Waals surface area (Å²) in [5.74, 6) is 0.113. The first-order valence-electron chi connectivity index (χ1n) is 8.11. The van der Waals surface area contributed by atoms with Crippen molar-refractivity contribution in [1.29, 1.82) is 0 Å². The number of nitrogens with one attached hydrogen (secondary N) is 3. The van der Waals surface area contributed by atoms with E-state index in [9.17, 15) is 9.59 Å². The van der Waals surface area contributed by atoms with E-state index < -0.39 is 0 Å². The highest BCUT2D eigenvalue weighted by atomic mass is 16.2. The predicted octanol–water partition coefficient (Wildman–Crippen LogP) is 2.01. The number of nitrogens with zero attached hydrogens (tertiary/aromatic N) is 3. The SMILES string of the molecule is CC(CC(=O)Nc1n[nH]c(-c2ccccn2)n1)NC(=O)c1ccccc1. The van der Waals surface area contributed by atoms with Crippen molar-refractivity contribution >= 4 is 17.8 Å². The lowest BCUT2D eigenvalue weighted by Crippen LogP contribution is -2.35. The number of amides is 2. The summed E-state index contributed by atoms with van der Waals surface area (Å²) < 4.78 is 0. The third kappa shape index (κ3) is 4.50. The molecular weight excluding hydrogens is 332 g/mol. The van der Waals surface area contributed by atoms with Crippen molar-refractivity contribution in [1.82, 2.24) is 25.5 Å². The molecule has 0 saturated heterocycles. The molecule has 0 aliphatic carbocycles. The summed E-state index contributed by atoms with van der Waals surface area (Å²) in [6, 6.07) is 13.9. The number of hydrogen-bond donors (Lipinski definition) is 3. The van der Waals surface area contributed by atoms with Crippen LogP contribution in [0.4, 0.5) is 5.95 Å². The highest BCUT2D eigenvalue weighted by Gasteiger charge is 2.15. The van der Waals surface area contributed by atoms with Crippen LogP contribution in [0.2, 0.25) is 0 Å². The second-order valence-electron chi connectivity index (χ2n) is 5.72. The van der Waals surface area contributed by atoms with E-state index in [0.717, 1.165) is 0 Å². The quantitative estimate of drug-likeness (QED) is 0.629. The monoisotopic (exact) mass is 350 g/mol. The summed E-state index contributed by atoms with van der Waals surface area (Å²) in [6.07, 6.45) is 1.75. The van der Waals surface area contributed by atoms with Crippen LogP contribution >= 0.6 is 0 Å². The molecule has 132 valence electrons. The Morgan fingerprint density at radius 2 is 1.88 bits per heavy atom. The van der Waals surface area contributed by atoms with E-state index in [1.807, 2.05) is 12.1 Å². The second-order valence-corrected chi connectivity index (χ2v) is 5.72. The molecule has 8 nitrogen and oxygen atoms in total. The highest BCUT2D eigenvalue weighted by Crippen LogP contribution is 2.12. The fraction of sp³-hybridized carbons (Fsp3) is 0.167. The van der Waals surface area contributed by atoms with Gasteiger partial charge in [-0.05, 0) is 31.2 Å². The van der Waals surface area contributed by atoms with Gasteiger partial charge in [0, 0.05) is 24.2 Å². The van der Waals surface area contributed by atoms with E-state index in [0.29, 0.717) is 17.1 Å². The topological polar surface area (TPSA) is 113 Å². The smallest absolute Gasteiger partial charge is 0.251 e. The number of aromatic amines is 1. The number of rotatable bonds is 6. The zero-order valence-corrected chi connectivity index (χ0v) is 14.1. The van der Waals surface area contributed by atoms with Gasteiger partial charge in [-0.2, -0.15) is 4.98 Å². The third-order valence-corrected chi connectivity index (χ3v) is 3.55. The molecule has 0 saturated carbocycles. The molecule has 0 radical (unpaired) electrons. The van der Waals surface area contributed by atoms with Crippen molar-refractivity contribution in [2.45, 2.75) is 19.4 Å². The van der Waals surface area contributed by atoms with Crippen LogP contribution in [-0.4, -0.2) is 38.0 Å². The maximum absolute atomic E-state index is 12.1. The van der Waals surface area contributed by atoms with E-state index in [-0.39, 0.29) is 30.2 Å². The van der Waals surface area contributed by atoms with E-state index in [4.69, 9.17) is 0 Å². The molecule has 0 aliphatic rings. The standard InChI is InChI=1S/C18H18N6O2/c1-12(20-17(26)13-7-3-2-4-8-13)11-15(25)21-18-22-16(23-24-18)14-9-5-6-10-19-14/h2-10,12H,11H2,1H3,(H,20,26)(H2,21,22,23,24,25).